The number of alkyl carbamates (subject to hydrolysis) is 1. The van der Waals surface area contributed by atoms with Crippen molar-refractivity contribution in [2.75, 3.05) is 71.7 Å². The average Bonchev–Trinajstić information content (AvgIpc) is 3.90. The molecule has 4 aromatic rings. The third-order valence-electron chi connectivity index (χ3n) is 12.7. The van der Waals surface area contributed by atoms with Crippen LogP contribution in [0, 0.1) is 5.41 Å². The first kappa shape index (κ1) is 49.8. The standard InChI is InChI=1S/C49H68N8O9S/c1-11-56-41-15-14-32(40-28-67-42(51-40)23-39(52-47(61)66-48(4,5)6)45(59)57-16-12-13-38(53-57)46(60)63-10)21-35(41)37(24-49(7,8)29-65-31(3)58)44(56)36-22-33(25-50-43(36)30(2)62-9)55-18-17-54-19-20-64-27-34(54)26-55/h14-15,21-22,25,28,30,34,38-39,53H,11-13,16-20,23-24,26-27,29H2,1-10H3,(H,52,61)/t30-,34-,38-,39-/m0/s1. The van der Waals surface area contributed by atoms with E-state index in [0.717, 1.165) is 77.5 Å². The summed E-state index contributed by atoms with van der Waals surface area (Å²) in [5.74, 6) is -1.21. The Morgan fingerprint density at radius 2 is 1.85 bits per heavy atom. The molecule has 67 heavy (non-hydrogen) atoms. The molecule has 0 unspecified atom stereocenters. The molecule has 3 fully saturated rings. The minimum Gasteiger partial charge on any atom is -0.468 e. The number of hydrazine groups is 1. The highest BCUT2D eigenvalue weighted by atomic mass is 32.1. The number of esters is 2. The van der Waals surface area contributed by atoms with Crippen molar-refractivity contribution >= 4 is 51.9 Å². The van der Waals surface area contributed by atoms with Crippen LogP contribution in [0.25, 0.3) is 33.4 Å². The van der Waals surface area contributed by atoms with Crippen molar-refractivity contribution in [2.24, 2.45) is 5.41 Å². The largest absolute Gasteiger partial charge is 0.468 e. The van der Waals surface area contributed by atoms with Crippen molar-refractivity contribution in [3.63, 3.8) is 0 Å². The average molecular weight is 945 g/mol. The molecule has 3 aliphatic heterocycles. The lowest BCUT2D eigenvalue weighted by Crippen LogP contribution is -2.60. The van der Waals surface area contributed by atoms with E-state index >= 15 is 0 Å². The van der Waals surface area contributed by atoms with Crippen LogP contribution in [0.15, 0.2) is 35.8 Å². The van der Waals surface area contributed by atoms with Gasteiger partial charge < -0.3 is 38.5 Å². The third kappa shape index (κ3) is 11.8. The van der Waals surface area contributed by atoms with Crippen LogP contribution in [0.5, 0.6) is 0 Å². The molecule has 0 aliphatic carbocycles. The fraction of sp³-hybridized carbons (Fsp3) is 0.592. The lowest BCUT2D eigenvalue weighted by atomic mass is 9.84. The fourth-order valence-electron chi connectivity index (χ4n) is 9.28. The van der Waals surface area contributed by atoms with Crippen molar-refractivity contribution in [2.45, 2.75) is 117 Å². The van der Waals surface area contributed by atoms with Gasteiger partial charge in [-0.1, -0.05) is 19.9 Å². The number of aryl methyl sites for hydroxylation is 1. The summed E-state index contributed by atoms with van der Waals surface area (Å²) in [7, 11) is 3.02. The molecular weight excluding hydrogens is 877 g/mol. The summed E-state index contributed by atoms with van der Waals surface area (Å²) in [6.45, 7) is 21.5. The highest BCUT2D eigenvalue weighted by Gasteiger charge is 2.36. The summed E-state index contributed by atoms with van der Waals surface area (Å²) in [5, 5.41) is 7.78. The molecule has 4 atom stereocenters. The minimum absolute atomic E-state index is 0.0879. The fourth-order valence-corrected chi connectivity index (χ4v) is 10.1. The summed E-state index contributed by atoms with van der Waals surface area (Å²) in [4.78, 5) is 66.9. The first-order chi connectivity index (χ1) is 31.9. The highest BCUT2D eigenvalue weighted by Crippen LogP contribution is 2.43. The Morgan fingerprint density at radius 3 is 2.57 bits per heavy atom. The zero-order chi connectivity index (χ0) is 48.2. The van der Waals surface area contributed by atoms with E-state index in [1.807, 2.05) is 18.5 Å². The number of benzene rings is 1. The quantitative estimate of drug-likeness (QED) is 0.100. The molecule has 2 amide bonds. The number of carbonyl (C=O) groups is 4. The van der Waals surface area contributed by atoms with Crippen molar-refractivity contribution in [1.82, 2.24) is 35.2 Å². The normalized spacial score (nSPS) is 19.1. The second kappa shape index (κ2) is 21.0. The SMILES string of the molecule is CCn1c(-c2cc(N3CCN4CCOC[C@@H]4C3)cnc2[C@H](C)OC)c(CC(C)(C)COC(C)=O)c2cc(-c3csc(C[C@H](NC(=O)OC(C)(C)C)C(=O)N4CCC[C@@H](C(=O)OC)N4)n3)ccc21. The van der Waals surface area contributed by atoms with Crippen LogP contribution in [0.2, 0.25) is 0 Å². The van der Waals surface area contributed by atoms with Gasteiger partial charge in [0.25, 0.3) is 5.91 Å². The number of thiazole rings is 1. The number of ether oxygens (including phenoxy) is 5. The molecule has 2 N–H and O–H groups in total. The van der Waals surface area contributed by atoms with Crippen LogP contribution in [0.3, 0.4) is 0 Å². The van der Waals surface area contributed by atoms with E-state index in [1.54, 1.807) is 27.9 Å². The van der Waals surface area contributed by atoms with Gasteiger partial charge in [-0.3, -0.25) is 29.3 Å². The predicted molar refractivity (Wildman–Crippen MR) is 257 cm³/mol. The van der Waals surface area contributed by atoms with Crippen molar-refractivity contribution < 1.29 is 42.9 Å². The van der Waals surface area contributed by atoms with Crippen LogP contribution in [-0.4, -0.2) is 139 Å². The Kier molecular flexibility index (Phi) is 15.6. The maximum absolute atomic E-state index is 14.1. The number of amides is 2. The number of pyridine rings is 1. The second-order valence-corrected chi connectivity index (χ2v) is 20.4. The number of rotatable bonds is 15. The Labute approximate surface area is 397 Å². The van der Waals surface area contributed by atoms with Crippen molar-refractivity contribution in [1.29, 1.82) is 0 Å². The molecule has 3 aliphatic rings. The molecular formula is C49H68N8O9S. The number of nitrogens with one attached hydrogen (secondary N) is 2. The number of fused-ring (bicyclic) bond motifs is 2. The molecule has 17 nitrogen and oxygen atoms in total. The molecule has 1 aromatic carbocycles. The lowest BCUT2D eigenvalue weighted by Gasteiger charge is -2.44. The van der Waals surface area contributed by atoms with Gasteiger partial charge in [0.2, 0.25) is 0 Å². The van der Waals surface area contributed by atoms with Gasteiger partial charge >= 0.3 is 18.0 Å². The first-order valence-corrected chi connectivity index (χ1v) is 24.2. The summed E-state index contributed by atoms with van der Waals surface area (Å²) < 4.78 is 30.4. The van der Waals surface area contributed by atoms with E-state index in [-0.39, 0.29) is 25.1 Å². The van der Waals surface area contributed by atoms with Crippen LogP contribution in [0.1, 0.15) is 90.6 Å². The molecule has 364 valence electrons. The summed E-state index contributed by atoms with van der Waals surface area (Å²) in [5.41, 5.74) is 9.36. The number of hydrogen-bond donors (Lipinski definition) is 2. The summed E-state index contributed by atoms with van der Waals surface area (Å²) in [6.07, 6.45) is 2.69. The zero-order valence-corrected chi connectivity index (χ0v) is 41.5. The van der Waals surface area contributed by atoms with Gasteiger partial charge in [-0.2, -0.15) is 0 Å². The smallest absolute Gasteiger partial charge is 0.408 e. The zero-order valence-electron chi connectivity index (χ0n) is 40.7. The van der Waals surface area contributed by atoms with Crippen LogP contribution in [0.4, 0.5) is 10.5 Å². The van der Waals surface area contributed by atoms with Crippen LogP contribution < -0.4 is 15.6 Å². The molecule has 6 heterocycles. The molecule has 18 heteroatoms. The van der Waals surface area contributed by atoms with Gasteiger partial charge in [-0.25, -0.2) is 15.2 Å². The van der Waals surface area contributed by atoms with E-state index in [4.69, 9.17) is 33.7 Å². The number of anilines is 1. The topological polar surface area (TPSA) is 179 Å². The maximum atomic E-state index is 14.1. The molecule has 3 aromatic heterocycles. The minimum atomic E-state index is -1.04. The van der Waals surface area contributed by atoms with Gasteiger partial charge in [-0.15, -0.1) is 11.3 Å². The first-order valence-electron chi connectivity index (χ1n) is 23.4. The predicted octanol–water partition coefficient (Wildman–Crippen LogP) is 6.31. The van der Waals surface area contributed by atoms with Crippen molar-refractivity contribution in [3.05, 3.63) is 52.1 Å². The monoisotopic (exact) mass is 944 g/mol. The number of nitrogens with zero attached hydrogens (tertiary/aromatic N) is 6. The summed E-state index contributed by atoms with van der Waals surface area (Å²) in [6, 6.07) is 7.23. The number of methoxy groups -OCH3 is 2. The highest BCUT2D eigenvalue weighted by molar-refractivity contribution is 7.10. The Balaban J connectivity index is 1.28. The number of piperazine rings is 1. The molecule has 0 radical (unpaired) electrons. The Hall–Kier alpha value is -5.14. The van der Waals surface area contributed by atoms with E-state index in [9.17, 15) is 19.2 Å². The summed E-state index contributed by atoms with van der Waals surface area (Å²) >= 11 is 1.39. The van der Waals surface area contributed by atoms with E-state index < -0.39 is 41.1 Å². The molecule has 0 spiro atoms. The maximum Gasteiger partial charge on any atom is 0.408 e. The van der Waals surface area contributed by atoms with Gasteiger partial charge in [-0.05, 0) is 77.6 Å². The lowest BCUT2D eigenvalue weighted by molar-refractivity contribution is -0.150. The van der Waals surface area contributed by atoms with E-state index in [2.05, 4.69) is 70.1 Å². The van der Waals surface area contributed by atoms with Gasteiger partial charge in [0.05, 0.1) is 73.0 Å². The van der Waals surface area contributed by atoms with Gasteiger partial charge in [0.1, 0.15) is 17.7 Å². The van der Waals surface area contributed by atoms with E-state index in [0.29, 0.717) is 55.7 Å². The molecule has 0 bridgehead atoms. The van der Waals surface area contributed by atoms with Crippen LogP contribution >= 0.6 is 11.3 Å². The Bertz CT molecular complexity index is 2430. The molecule has 0 saturated carbocycles. The number of hydrogen-bond acceptors (Lipinski definition) is 15. The third-order valence-corrected chi connectivity index (χ3v) is 13.5. The van der Waals surface area contributed by atoms with E-state index in [1.165, 1.54) is 30.4 Å². The van der Waals surface area contributed by atoms with Crippen LogP contribution in [-0.2, 0) is 57.5 Å². The number of aromatic nitrogens is 3. The second-order valence-electron chi connectivity index (χ2n) is 19.5. The molecule has 7 rings (SSSR count). The number of morpholine rings is 1. The van der Waals surface area contributed by atoms with Gasteiger partial charge in [0.15, 0.2) is 0 Å². The van der Waals surface area contributed by atoms with Crippen molar-refractivity contribution in [3.8, 4) is 22.5 Å². The Morgan fingerprint density at radius 1 is 1.06 bits per heavy atom. The molecule has 3 saturated heterocycles. The van der Waals surface area contributed by atoms with Gasteiger partial charge in [0, 0.05) is 92.5 Å². The number of carbonyl (C=O) groups excluding carboxylic acids is 4.